The molecule has 2 atom stereocenters. The maximum Gasteiger partial charge on any atom is 0.231 e. The van der Waals surface area contributed by atoms with Crippen LogP contribution in [0.5, 0.6) is 11.5 Å². The van der Waals surface area contributed by atoms with E-state index < -0.39 is 0 Å². The third-order valence-corrected chi connectivity index (χ3v) is 4.19. The number of fused-ring (bicyclic) bond motifs is 1. The van der Waals surface area contributed by atoms with Crippen molar-refractivity contribution in [2.75, 3.05) is 6.79 Å². The molecule has 19 heavy (non-hydrogen) atoms. The quantitative estimate of drug-likeness (QED) is 0.848. The smallest absolute Gasteiger partial charge is 0.231 e. The molecule has 0 bridgehead atoms. The zero-order chi connectivity index (χ0) is 13.2. The molecule has 1 aromatic rings. The predicted molar refractivity (Wildman–Crippen MR) is 75.5 cm³/mol. The van der Waals surface area contributed by atoms with E-state index in [9.17, 15) is 0 Å². The number of hydrogen-bond donors (Lipinski definition) is 1. The largest absolute Gasteiger partial charge is 0.454 e. The van der Waals surface area contributed by atoms with Crippen molar-refractivity contribution < 1.29 is 9.47 Å². The molecule has 1 aromatic carbocycles. The third kappa shape index (κ3) is 3.03. The highest BCUT2D eigenvalue weighted by atomic mass is 16.7. The number of rotatable bonds is 6. The fourth-order valence-corrected chi connectivity index (χ4v) is 2.74. The Bertz CT molecular complexity index is 442. The van der Waals surface area contributed by atoms with Gasteiger partial charge in [0.2, 0.25) is 6.79 Å². The van der Waals surface area contributed by atoms with Crippen LogP contribution in [0.25, 0.3) is 0 Å². The van der Waals surface area contributed by atoms with Crippen LogP contribution >= 0.6 is 0 Å². The normalized spacial score (nSPS) is 20.3. The monoisotopic (exact) mass is 261 g/mol. The molecular formula is C16H23NO2. The van der Waals surface area contributed by atoms with Gasteiger partial charge in [-0.25, -0.2) is 0 Å². The summed E-state index contributed by atoms with van der Waals surface area (Å²) in [6.45, 7) is 4.85. The first-order valence-corrected chi connectivity index (χ1v) is 7.42. The summed E-state index contributed by atoms with van der Waals surface area (Å²) >= 11 is 0. The molecule has 0 saturated heterocycles. The van der Waals surface area contributed by atoms with Crippen LogP contribution in [0.15, 0.2) is 18.2 Å². The van der Waals surface area contributed by atoms with Gasteiger partial charge < -0.3 is 14.8 Å². The van der Waals surface area contributed by atoms with E-state index in [2.05, 4.69) is 31.3 Å². The lowest BCUT2D eigenvalue weighted by molar-refractivity contribution is 0.174. The molecule has 1 aliphatic carbocycles. The lowest BCUT2D eigenvalue weighted by Crippen LogP contribution is -2.31. The summed E-state index contributed by atoms with van der Waals surface area (Å²) < 4.78 is 10.8. The van der Waals surface area contributed by atoms with Gasteiger partial charge >= 0.3 is 0 Å². The van der Waals surface area contributed by atoms with Crippen molar-refractivity contribution in [2.45, 2.75) is 51.6 Å². The Balaban J connectivity index is 1.63. The molecule has 1 N–H and O–H groups in total. The second-order valence-corrected chi connectivity index (χ2v) is 5.79. The van der Waals surface area contributed by atoms with E-state index in [4.69, 9.17) is 9.47 Å². The van der Waals surface area contributed by atoms with Gasteiger partial charge in [0.15, 0.2) is 11.5 Å². The minimum absolute atomic E-state index is 0.347. The molecule has 0 aromatic heterocycles. The van der Waals surface area contributed by atoms with Crippen LogP contribution in [0.3, 0.4) is 0 Å². The molecule has 0 spiro atoms. The van der Waals surface area contributed by atoms with Crippen molar-refractivity contribution in [3.05, 3.63) is 23.8 Å². The van der Waals surface area contributed by atoms with Gasteiger partial charge in [-0.3, -0.25) is 0 Å². The molecule has 0 amide bonds. The molecule has 104 valence electrons. The zero-order valence-electron chi connectivity index (χ0n) is 11.8. The van der Waals surface area contributed by atoms with Gasteiger partial charge in [-0.2, -0.15) is 0 Å². The van der Waals surface area contributed by atoms with Crippen LogP contribution in [-0.4, -0.2) is 12.8 Å². The molecule has 1 aliphatic heterocycles. The fourth-order valence-electron chi connectivity index (χ4n) is 2.74. The first kappa shape index (κ1) is 12.8. The molecule has 2 aliphatic rings. The molecule has 0 radical (unpaired) electrons. The number of hydrogen-bond acceptors (Lipinski definition) is 3. The third-order valence-electron chi connectivity index (χ3n) is 4.19. The number of nitrogens with one attached hydrogen (secondary N) is 1. The highest BCUT2D eigenvalue weighted by Gasteiger charge is 2.25. The molecule has 3 rings (SSSR count). The van der Waals surface area contributed by atoms with Crippen LogP contribution in [-0.2, 0) is 0 Å². The second kappa shape index (κ2) is 5.41. The summed E-state index contributed by atoms with van der Waals surface area (Å²) in [6.07, 6.45) is 5.38. The van der Waals surface area contributed by atoms with Crippen molar-refractivity contribution in [3.63, 3.8) is 0 Å². The average Bonchev–Trinajstić information content (AvgIpc) is 3.11. The van der Waals surface area contributed by atoms with Gasteiger partial charge in [-0.15, -0.1) is 0 Å². The van der Waals surface area contributed by atoms with E-state index in [-0.39, 0.29) is 0 Å². The van der Waals surface area contributed by atoms with E-state index in [1.165, 1.54) is 31.2 Å². The van der Waals surface area contributed by atoms with E-state index >= 15 is 0 Å². The maximum atomic E-state index is 5.45. The standard InChI is InChI=1S/C16H23NO2/c1-3-14(8-12-4-5-12)17-11(2)13-6-7-15-16(9-13)19-10-18-15/h6-7,9,11-12,14,17H,3-5,8,10H2,1-2H3. The number of ether oxygens (including phenoxy) is 2. The second-order valence-electron chi connectivity index (χ2n) is 5.79. The summed E-state index contributed by atoms with van der Waals surface area (Å²) in [7, 11) is 0. The first-order valence-electron chi connectivity index (χ1n) is 7.42. The van der Waals surface area contributed by atoms with E-state index in [1.807, 2.05) is 6.07 Å². The summed E-state index contributed by atoms with van der Waals surface area (Å²) in [6, 6.07) is 7.24. The first-order chi connectivity index (χ1) is 9.26. The van der Waals surface area contributed by atoms with Gasteiger partial charge in [0.1, 0.15) is 0 Å². The molecule has 1 fully saturated rings. The van der Waals surface area contributed by atoms with Crippen LogP contribution in [0.1, 0.15) is 51.1 Å². The fraction of sp³-hybridized carbons (Fsp3) is 0.625. The highest BCUT2D eigenvalue weighted by molar-refractivity contribution is 5.45. The highest BCUT2D eigenvalue weighted by Crippen LogP contribution is 2.36. The van der Waals surface area contributed by atoms with Crippen LogP contribution in [0.2, 0.25) is 0 Å². The Hall–Kier alpha value is -1.22. The van der Waals surface area contributed by atoms with Crippen molar-refractivity contribution in [2.24, 2.45) is 5.92 Å². The molecular weight excluding hydrogens is 238 g/mol. The van der Waals surface area contributed by atoms with E-state index in [1.54, 1.807) is 0 Å². The molecule has 3 heteroatoms. The number of benzene rings is 1. The maximum absolute atomic E-state index is 5.45. The molecule has 2 unspecified atom stereocenters. The summed E-state index contributed by atoms with van der Waals surface area (Å²) in [4.78, 5) is 0. The van der Waals surface area contributed by atoms with Crippen LogP contribution in [0.4, 0.5) is 0 Å². The average molecular weight is 261 g/mol. The van der Waals surface area contributed by atoms with Gasteiger partial charge in [-0.1, -0.05) is 25.8 Å². The van der Waals surface area contributed by atoms with Gasteiger partial charge in [-0.05, 0) is 43.4 Å². The molecule has 3 nitrogen and oxygen atoms in total. The van der Waals surface area contributed by atoms with E-state index in [0.29, 0.717) is 18.9 Å². The molecule has 1 saturated carbocycles. The SMILES string of the molecule is CCC(CC1CC1)NC(C)c1ccc2c(c1)OCO2. The van der Waals surface area contributed by atoms with Crippen LogP contribution in [0, 0.1) is 5.92 Å². The summed E-state index contributed by atoms with van der Waals surface area (Å²) in [5.74, 6) is 2.71. The van der Waals surface area contributed by atoms with Gasteiger partial charge in [0, 0.05) is 12.1 Å². The minimum Gasteiger partial charge on any atom is -0.454 e. The Kier molecular flexibility index (Phi) is 3.65. The van der Waals surface area contributed by atoms with Crippen molar-refractivity contribution >= 4 is 0 Å². The van der Waals surface area contributed by atoms with Crippen LogP contribution < -0.4 is 14.8 Å². The Labute approximate surface area is 115 Å². The zero-order valence-corrected chi connectivity index (χ0v) is 11.8. The Morgan fingerprint density at radius 3 is 2.79 bits per heavy atom. The Morgan fingerprint density at radius 1 is 1.26 bits per heavy atom. The molecule has 1 heterocycles. The Morgan fingerprint density at radius 2 is 2.05 bits per heavy atom. The summed E-state index contributed by atoms with van der Waals surface area (Å²) in [5, 5.41) is 3.75. The van der Waals surface area contributed by atoms with Crippen molar-refractivity contribution in [3.8, 4) is 11.5 Å². The van der Waals surface area contributed by atoms with Crippen molar-refractivity contribution in [1.82, 2.24) is 5.32 Å². The predicted octanol–water partition coefficient (Wildman–Crippen LogP) is 3.64. The van der Waals surface area contributed by atoms with Gasteiger partial charge in [0.05, 0.1) is 0 Å². The van der Waals surface area contributed by atoms with E-state index in [0.717, 1.165) is 17.4 Å². The summed E-state index contributed by atoms with van der Waals surface area (Å²) in [5.41, 5.74) is 1.28. The lowest BCUT2D eigenvalue weighted by Gasteiger charge is -2.22. The van der Waals surface area contributed by atoms with Gasteiger partial charge in [0.25, 0.3) is 0 Å². The minimum atomic E-state index is 0.347. The topological polar surface area (TPSA) is 30.5 Å². The van der Waals surface area contributed by atoms with Crippen molar-refractivity contribution in [1.29, 1.82) is 0 Å². The lowest BCUT2D eigenvalue weighted by atomic mass is 10.0.